The van der Waals surface area contributed by atoms with Gasteiger partial charge in [0, 0.05) is 16.8 Å². The molecule has 1 heterocycles. The van der Waals surface area contributed by atoms with Crippen LogP contribution in [0, 0.1) is 0 Å². The van der Waals surface area contributed by atoms with Gasteiger partial charge in [-0.3, -0.25) is 4.90 Å². The predicted molar refractivity (Wildman–Crippen MR) is 82.3 cm³/mol. The number of nitrogens with zero attached hydrogens (tertiary/aromatic N) is 1. The standard InChI is InChI=1S/C16H17ClN2O3/c1-9-13(15(20)22-2)14(10-3-5-11(17)6-4-10)18-16(21)19(9)12-7-8-12/h3-6,12,14H,7-8H2,1-2H3,(H,18,21). The molecular formula is C16H17ClN2O3. The third-order valence-corrected chi connectivity index (χ3v) is 4.30. The Labute approximate surface area is 133 Å². The first-order valence-corrected chi connectivity index (χ1v) is 7.55. The molecule has 1 aromatic rings. The zero-order chi connectivity index (χ0) is 15.9. The fourth-order valence-corrected chi connectivity index (χ4v) is 2.94. The molecule has 1 aromatic carbocycles. The average molecular weight is 321 g/mol. The molecule has 2 aliphatic rings. The minimum atomic E-state index is -0.521. The van der Waals surface area contributed by atoms with Gasteiger partial charge in [-0.1, -0.05) is 23.7 Å². The highest BCUT2D eigenvalue weighted by atomic mass is 35.5. The van der Waals surface area contributed by atoms with Crippen molar-refractivity contribution in [2.45, 2.75) is 31.8 Å². The van der Waals surface area contributed by atoms with Gasteiger partial charge in [-0.2, -0.15) is 0 Å². The second kappa shape index (κ2) is 5.65. The highest BCUT2D eigenvalue weighted by molar-refractivity contribution is 6.30. The van der Waals surface area contributed by atoms with Crippen molar-refractivity contribution in [2.24, 2.45) is 0 Å². The SMILES string of the molecule is COC(=O)C1=C(C)N(C2CC2)C(=O)NC1c1ccc(Cl)cc1. The molecule has 1 unspecified atom stereocenters. The first kappa shape index (κ1) is 14.9. The molecule has 1 saturated carbocycles. The molecular weight excluding hydrogens is 304 g/mol. The number of ether oxygens (including phenoxy) is 1. The number of urea groups is 1. The van der Waals surface area contributed by atoms with Gasteiger partial charge in [0.25, 0.3) is 0 Å². The second-order valence-electron chi connectivity index (χ2n) is 5.53. The lowest BCUT2D eigenvalue weighted by Crippen LogP contribution is -2.48. The van der Waals surface area contributed by atoms with E-state index < -0.39 is 12.0 Å². The van der Waals surface area contributed by atoms with Crippen LogP contribution in [0.15, 0.2) is 35.5 Å². The molecule has 1 aliphatic carbocycles. The fraction of sp³-hybridized carbons (Fsp3) is 0.375. The molecule has 1 atom stereocenters. The van der Waals surface area contributed by atoms with Crippen molar-refractivity contribution in [3.8, 4) is 0 Å². The number of rotatable bonds is 3. The maximum absolute atomic E-state index is 12.4. The molecule has 5 nitrogen and oxygen atoms in total. The van der Waals surface area contributed by atoms with Crippen molar-refractivity contribution in [3.05, 3.63) is 46.1 Å². The van der Waals surface area contributed by atoms with Crippen LogP contribution in [-0.2, 0) is 9.53 Å². The summed E-state index contributed by atoms with van der Waals surface area (Å²) in [6.07, 6.45) is 1.93. The molecule has 0 radical (unpaired) electrons. The molecule has 1 fully saturated rings. The van der Waals surface area contributed by atoms with E-state index in [1.807, 2.05) is 0 Å². The summed E-state index contributed by atoms with van der Waals surface area (Å²) >= 11 is 5.91. The van der Waals surface area contributed by atoms with Crippen molar-refractivity contribution in [1.29, 1.82) is 0 Å². The summed E-state index contributed by atoms with van der Waals surface area (Å²) in [5.74, 6) is -0.428. The van der Waals surface area contributed by atoms with Gasteiger partial charge in [0.05, 0.1) is 18.7 Å². The van der Waals surface area contributed by atoms with Crippen molar-refractivity contribution < 1.29 is 14.3 Å². The minimum absolute atomic E-state index is 0.174. The van der Waals surface area contributed by atoms with Gasteiger partial charge in [0.2, 0.25) is 0 Å². The van der Waals surface area contributed by atoms with Crippen LogP contribution in [0.1, 0.15) is 31.4 Å². The van der Waals surface area contributed by atoms with Crippen LogP contribution in [0.5, 0.6) is 0 Å². The van der Waals surface area contributed by atoms with Crippen LogP contribution in [0.4, 0.5) is 4.79 Å². The van der Waals surface area contributed by atoms with E-state index in [2.05, 4.69) is 5.32 Å². The Hall–Kier alpha value is -2.01. The van der Waals surface area contributed by atoms with Gasteiger partial charge >= 0.3 is 12.0 Å². The predicted octanol–water partition coefficient (Wildman–Crippen LogP) is 3.02. The van der Waals surface area contributed by atoms with Gasteiger partial charge in [0.1, 0.15) is 0 Å². The van der Waals surface area contributed by atoms with Gasteiger partial charge in [-0.15, -0.1) is 0 Å². The largest absolute Gasteiger partial charge is 0.466 e. The summed E-state index contributed by atoms with van der Waals surface area (Å²) < 4.78 is 4.92. The quantitative estimate of drug-likeness (QED) is 0.871. The third kappa shape index (κ3) is 2.57. The van der Waals surface area contributed by atoms with Crippen LogP contribution in [-0.4, -0.2) is 30.1 Å². The van der Waals surface area contributed by atoms with E-state index in [4.69, 9.17) is 16.3 Å². The van der Waals surface area contributed by atoms with Crippen LogP contribution in [0.25, 0.3) is 0 Å². The summed E-state index contributed by atoms with van der Waals surface area (Å²) in [5, 5.41) is 3.51. The number of hydrogen-bond donors (Lipinski definition) is 1. The molecule has 1 N–H and O–H groups in total. The van der Waals surface area contributed by atoms with E-state index in [9.17, 15) is 9.59 Å². The zero-order valence-electron chi connectivity index (χ0n) is 12.4. The number of carbonyl (C=O) groups is 2. The summed E-state index contributed by atoms with van der Waals surface area (Å²) in [6.45, 7) is 1.80. The molecule has 22 heavy (non-hydrogen) atoms. The lowest BCUT2D eigenvalue weighted by molar-refractivity contribution is -0.136. The molecule has 6 heteroatoms. The Morgan fingerprint density at radius 3 is 2.50 bits per heavy atom. The number of halogens is 1. The topological polar surface area (TPSA) is 58.6 Å². The third-order valence-electron chi connectivity index (χ3n) is 4.05. The zero-order valence-corrected chi connectivity index (χ0v) is 13.2. The number of esters is 1. The number of hydrogen-bond acceptors (Lipinski definition) is 3. The highest BCUT2D eigenvalue weighted by Crippen LogP contribution is 2.37. The van der Waals surface area contributed by atoms with Crippen molar-refractivity contribution in [3.63, 3.8) is 0 Å². The minimum Gasteiger partial charge on any atom is -0.466 e. The van der Waals surface area contributed by atoms with Gasteiger partial charge < -0.3 is 10.1 Å². The Balaban J connectivity index is 2.06. The monoisotopic (exact) mass is 320 g/mol. The Morgan fingerprint density at radius 2 is 1.95 bits per heavy atom. The lowest BCUT2D eigenvalue weighted by Gasteiger charge is -2.35. The highest BCUT2D eigenvalue weighted by Gasteiger charge is 2.42. The normalized spacial score (nSPS) is 21.7. The Bertz CT molecular complexity index is 650. The molecule has 2 amide bonds. The maximum Gasteiger partial charge on any atom is 0.337 e. The van der Waals surface area contributed by atoms with E-state index in [0.29, 0.717) is 16.3 Å². The van der Waals surface area contributed by atoms with Crippen LogP contribution >= 0.6 is 11.6 Å². The van der Waals surface area contributed by atoms with Crippen LogP contribution in [0.2, 0.25) is 5.02 Å². The van der Waals surface area contributed by atoms with Gasteiger partial charge in [-0.05, 0) is 37.5 Å². The number of benzene rings is 1. The van der Waals surface area contributed by atoms with Crippen molar-refractivity contribution in [1.82, 2.24) is 10.2 Å². The lowest BCUT2D eigenvalue weighted by atomic mass is 9.95. The number of carbonyl (C=O) groups excluding carboxylic acids is 2. The van der Waals surface area contributed by atoms with Crippen molar-refractivity contribution in [2.75, 3.05) is 7.11 Å². The smallest absolute Gasteiger partial charge is 0.337 e. The van der Waals surface area contributed by atoms with E-state index in [1.165, 1.54) is 7.11 Å². The van der Waals surface area contributed by atoms with Crippen molar-refractivity contribution >= 4 is 23.6 Å². The molecule has 0 spiro atoms. The average Bonchev–Trinajstić information content (AvgIpc) is 3.31. The number of allylic oxidation sites excluding steroid dienone is 1. The summed E-state index contributed by atoms with van der Waals surface area (Å²) in [7, 11) is 1.35. The summed E-state index contributed by atoms with van der Waals surface area (Å²) in [5.41, 5.74) is 1.93. The molecule has 0 bridgehead atoms. The second-order valence-corrected chi connectivity index (χ2v) is 5.96. The Morgan fingerprint density at radius 1 is 1.32 bits per heavy atom. The van der Waals surface area contributed by atoms with Gasteiger partial charge in [0.15, 0.2) is 0 Å². The van der Waals surface area contributed by atoms with Gasteiger partial charge in [-0.25, -0.2) is 9.59 Å². The van der Waals surface area contributed by atoms with E-state index in [-0.39, 0.29) is 12.1 Å². The van der Waals surface area contributed by atoms with Crippen LogP contribution in [0.3, 0.4) is 0 Å². The summed E-state index contributed by atoms with van der Waals surface area (Å²) in [4.78, 5) is 26.3. The number of amides is 2. The molecule has 3 rings (SSSR count). The first-order valence-electron chi connectivity index (χ1n) is 7.17. The van der Waals surface area contributed by atoms with E-state index in [0.717, 1.165) is 18.4 Å². The molecule has 116 valence electrons. The first-order chi connectivity index (χ1) is 10.5. The van der Waals surface area contributed by atoms with Crippen LogP contribution < -0.4 is 5.32 Å². The molecule has 1 aliphatic heterocycles. The molecule has 0 saturated heterocycles. The number of nitrogens with one attached hydrogen (secondary N) is 1. The number of methoxy groups -OCH3 is 1. The van der Waals surface area contributed by atoms with E-state index >= 15 is 0 Å². The Kier molecular flexibility index (Phi) is 3.83. The fourth-order valence-electron chi connectivity index (χ4n) is 2.81. The maximum atomic E-state index is 12.4. The molecule has 0 aromatic heterocycles. The van der Waals surface area contributed by atoms with E-state index in [1.54, 1.807) is 36.1 Å². The summed E-state index contributed by atoms with van der Waals surface area (Å²) in [6, 6.07) is 6.57.